The predicted molar refractivity (Wildman–Crippen MR) is 86.6 cm³/mol. The van der Waals surface area contributed by atoms with Gasteiger partial charge >= 0.3 is 5.97 Å². The number of halogens is 1. The van der Waals surface area contributed by atoms with Crippen molar-refractivity contribution in [2.24, 2.45) is 5.92 Å². The molecule has 0 aliphatic rings. The van der Waals surface area contributed by atoms with Crippen molar-refractivity contribution in [3.05, 3.63) is 65.7 Å². The lowest BCUT2D eigenvalue weighted by molar-refractivity contribution is -0.145. The molecule has 0 saturated carbocycles. The van der Waals surface area contributed by atoms with Crippen LogP contribution in [0.3, 0.4) is 0 Å². The minimum atomic E-state index is -0.598. The Hall–Kier alpha value is -2.76. The standard InChI is InChI=1S/C18H19FN2O3/c1-13(18(23)24-2)11-21(12-14-7-5-6-10-20-14)17(22)15-8-3-4-9-16(15)19/h3-10,13H,11-12H2,1-2H3. The van der Waals surface area contributed by atoms with Gasteiger partial charge in [-0.3, -0.25) is 14.6 Å². The number of hydrogen-bond acceptors (Lipinski definition) is 4. The molecule has 6 heteroatoms. The molecule has 5 nitrogen and oxygen atoms in total. The average molecular weight is 330 g/mol. The molecule has 2 aromatic rings. The highest BCUT2D eigenvalue weighted by Gasteiger charge is 2.24. The number of amides is 1. The van der Waals surface area contributed by atoms with Crippen molar-refractivity contribution < 1.29 is 18.7 Å². The minimum absolute atomic E-state index is 0.0366. The van der Waals surface area contributed by atoms with E-state index in [0.29, 0.717) is 5.69 Å². The molecule has 126 valence electrons. The number of ether oxygens (including phenoxy) is 1. The molecule has 0 saturated heterocycles. The molecule has 0 aliphatic carbocycles. The van der Waals surface area contributed by atoms with Crippen LogP contribution < -0.4 is 0 Å². The highest BCUT2D eigenvalue weighted by atomic mass is 19.1. The summed E-state index contributed by atoms with van der Waals surface area (Å²) in [5, 5.41) is 0. The zero-order valence-electron chi connectivity index (χ0n) is 13.6. The van der Waals surface area contributed by atoms with Crippen LogP contribution in [0.2, 0.25) is 0 Å². The van der Waals surface area contributed by atoms with Crippen LogP contribution in [0.1, 0.15) is 23.0 Å². The van der Waals surface area contributed by atoms with E-state index in [9.17, 15) is 14.0 Å². The molecule has 24 heavy (non-hydrogen) atoms. The Kier molecular flexibility index (Phi) is 6.01. The molecule has 0 spiro atoms. The predicted octanol–water partition coefficient (Wildman–Crippen LogP) is 2.67. The van der Waals surface area contributed by atoms with Gasteiger partial charge in [0.25, 0.3) is 5.91 Å². The first-order chi connectivity index (χ1) is 11.5. The Bertz CT molecular complexity index is 706. The Labute approximate surface area is 140 Å². The highest BCUT2D eigenvalue weighted by Crippen LogP contribution is 2.14. The van der Waals surface area contributed by atoms with Gasteiger partial charge in [-0.05, 0) is 24.3 Å². The first-order valence-corrected chi connectivity index (χ1v) is 7.54. The fraction of sp³-hybridized carbons (Fsp3) is 0.278. The summed E-state index contributed by atoms with van der Waals surface area (Å²) in [4.78, 5) is 30.0. The Morgan fingerprint density at radius 3 is 2.54 bits per heavy atom. The smallest absolute Gasteiger partial charge is 0.310 e. The second-order valence-electron chi connectivity index (χ2n) is 5.41. The van der Waals surface area contributed by atoms with Crippen LogP contribution in [-0.2, 0) is 16.1 Å². The Balaban J connectivity index is 2.26. The molecule has 1 unspecified atom stereocenters. The molecule has 0 bridgehead atoms. The van der Waals surface area contributed by atoms with Gasteiger partial charge in [0.15, 0.2) is 0 Å². The van der Waals surface area contributed by atoms with Crippen molar-refractivity contribution in [3.63, 3.8) is 0 Å². The molecule has 0 aliphatic heterocycles. The third kappa shape index (κ3) is 4.38. The zero-order valence-corrected chi connectivity index (χ0v) is 13.6. The van der Waals surface area contributed by atoms with Gasteiger partial charge in [-0.25, -0.2) is 4.39 Å². The lowest BCUT2D eigenvalue weighted by Crippen LogP contribution is -2.37. The zero-order chi connectivity index (χ0) is 17.5. The van der Waals surface area contributed by atoms with E-state index in [4.69, 9.17) is 4.74 Å². The molecule has 2 rings (SSSR count). The summed E-state index contributed by atoms with van der Waals surface area (Å²) in [6.45, 7) is 1.94. The van der Waals surface area contributed by atoms with Crippen LogP contribution in [0.4, 0.5) is 4.39 Å². The summed E-state index contributed by atoms with van der Waals surface area (Å²) in [5.41, 5.74) is 0.616. The van der Waals surface area contributed by atoms with E-state index in [0.717, 1.165) is 0 Å². The quantitative estimate of drug-likeness (QED) is 0.764. The molecule has 1 aromatic carbocycles. The van der Waals surface area contributed by atoms with Crippen LogP contribution in [0, 0.1) is 11.7 Å². The van der Waals surface area contributed by atoms with E-state index < -0.39 is 23.6 Å². The van der Waals surface area contributed by atoms with E-state index in [2.05, 4.69) is 4.98 Å². The van der Waals surface area contributed by atoms with Crippen molar-refractivity contribution in [2.75, 3.05) is 13.7 Å². The third-order valence-electron chi connectivity index (χ3n) is 3.57. The summed E-state index contributed by atoms with van der Waals surface area (Å²) < 4.78 is 18.7. The summed E-state index contributed by atoms with van der Waals surface area (Å²) >= 11 is 0. The number of rotatable bonds is 6. The maximum absolute atomic E-state index is 13.9. The number of methoxy groups -OCH3 is 1. The number of nitrogens with zero attached hydrogens (tertiary/aromatic N) is 2. The normalized spacial score (nSPS) is 11.6. The average Bonchev–Trinajstić information content (AvgIpc) is 2.61. The number of carbonyl (C=O) groups is 2. The molecular formula is C18H19FN2O3. The molecule has 0 radical (unpaired) electrons. The van der Waals surface area contributed by atoms with Gasteiger partial charge in [0.2, 0.25) is 0 Å². The van der Waals surface area contributed by atoms with Gasteiger partial charge in [-0.2, -0.15) is 0 Å². The van der Waals surface area contributed by atoms with Crippen molar-refractivity contribution in [2.45, 2.75) is 13.5 Å². The molecule has 1 aromatic heterocycles. The van der Waals surface area contributed by atoms with Gasteiger partial charge in [0, 0.05) is 12.7 Å². The second kappa shape index (κ2) is 8.19. The van der Waals surface area contributed by atoms with E-state index >= 15 is 0 Å². The minimum Gasteiger partial charge on any atom is -0.469 e. The van der Waals surface area contributed by atoms with E-state index in [-0.39, 0.29) is 18.7 Å². The van der Waals surface area contributed by atoms with Crippen LogP contribution in [-0.4, -0.2) is 35.4 Å². The first-order valence-electron chi connectivity index (χ1n) is 7.54. The third-order valence-corrected chi connectivity index (χ3v) is 3.57. The SMILES string of the molecule is COC(=O)C(C)CN(Cc1ccccn1)C(=O)c1ccccc1F. The van der Waals surface area contributed by atoms with Crippen molar-refractivity contribution in [1.29, 1.82) is 0 Å². The lowest BCUT2D eigenvalue weighted by atomic mass is 10.1. The maximum Gasteiger partial charge on any atom is 0.310 e. The van der Waals surface area contributed by atoms with Crippen molar-refractivity contribution in [1.82, 2.24) is 9.88 Å². The summed E-state index contributed by atoms with van der Waals surface area (Å²) in [5.74, 6) is -2.05. The monoisotopic (exact) mass is 330 g/mol. The van der Waals surface area contributed by atoms with E-state index in [1.165, 1.54) is 30.2 Å². The number of hydrogen-bond donors (Lipinski definition) is 0. The summed E-state index contributed by atoms with van der Waals surface area (Å²) in [6.07, 6.45) is 1.62. The van der Waals surface area contributed by atoms with Crippen LogP contribution >= 0.6 is 0 Å². The Morgan fingerprint density at radius 2 is 1.92 bits per heavy atom. The lowest BCUT2D eigenvalue weighted by Gasteiger charge is -2.25. The topological polar surface area (TPSA) is 59.5 Å². The number of carbonyl (C=O) groups excluding carboxylic acids is 2. The van der Waals surface area contributed by atoms with Crippen LogP contribution in [0.25, 0.3) is 0 Å². The van der Waals surface area contributed by atoms with Gasteiger partial charge in [0.05, 0.1) is 30.8 Å². The van der Waals surface area contributed by atoms with Gasteiger partial charge < -0.3 is 9.64 Å². The molecule has 0 fully saturated rings. The summed E-state index contributed by atoms with van der Waals surface area (Å²) in [6, 6.07) is 11.1. The molecule has 1 amide bonds. The second-order valence-corrected chi connectivity index (χ2v) is 5.41. The van der Waals surface area contributed by atoms with E-state index in [1.807, 2.05) is 0 Å². The number of aromatic nitrogens is 1. The van der Waals surface area contributed by atoms with Crippen LogP contribution in [0.15, 0.2) is 48.7 Å². The largest absolute Gasteiger partial charge is 0.469 e. The molecule has 1 atom stereocenters. The number of esters is 1. The molecule has 1 heterocycles. The maximum atomic E-state index is 13.9. The fourth-order valence-electron chi connectivity index (χ4n) is 2.32. The van der Waals surface area contributed by atoms with Crippen molar-refractivity contribution >= 4 is 11.9 Å². The van der Waals surface area contributed by atoms with Gasteiger partial charge in [0.1, 0.15) is 5.82 Å². The highest BCUT2D eigenvalue weighted by molar-refractivity contribution is 5.94. The van der Waals surface area contributed by atoms with Crippen molar-refractivity contribution in [3.8, 4) is 0 Å². The first kappa shape index (κ1) is 17.6. The molecular weight excluding hydrogens is 311 g/mol. The molecule has 0 N–H and O–H groups in total. The van der Waals surface area contributed by atoms with Gasteiger partial charge in [-0.1, -0.05) is 25.1 Å². The van der Waals surface area contributed by atoms with Gasteiger partial charge in [-0.15, -0.1) is 0 Å². The van der Waals surface area contributed by atoms with Crippen LogP contribution in [0.5, 0.6) is 0 Å². The summed E-state index contributed by atoms with van der Waals surface area (Å²) in [7, 11) is 1.29. The number of benzene rings is 1. The Morgan fingerprint density at radius 1 is 1.21 bits per heavy atom. The van der Waals surface area contributed by atoms with E-state index in [1.54, 1.807) is 37.4 Å². The number of pyridine rings is 1. The fourth-order valence-corrected chi connectivity index (χ4v) is 2.32.